The summed E-state index contributed by atoms with van der Waals surface area (Å²) >= 11 is 0. The van der Waals surface area contributed by atoms with E-state index in [0.717, 1.165) is 25.9 Å². The van der Waals surface area contributed by atoms with Gasteiger partial charge in [0.2, 0.25) is 5.91 Å². The fourth-order valence-electron chi connectivity index (χ4n) is 3.25. The van der Waals surface area contributed by atoms with E-state index in [9.17, 15) is 4.79 Å². The number of carbonyl (C=O) groups excluding carboxylic acids is 1. The Kier molecular flexibility index (Phi) is 19.8. The van der Waals surface area contributed by atoms with E-state index in [-0.39, 0.29) is 5.91 Å². The van der Waals surface area contributed by atoms with Crippen molar-refractivity contribution in [2.75, 3.05) is 92.4 Å². The first-order valence-electron chi connectivity index (χ1n) is 12.3. The number of hydrogen-bond acceptors (Lipinski definition) is 9. The highest BCUT2D eigenvalue weighted by Crippen LogP contribution is 2.16. The highest BCUT2D eigenvalue weighted by Gasteiger charge is 2.22. The maximum Gasteiger partial charge on any atom is 0.240 e. The summed E-state index contributed by atoms with van der Waals surface area (Å²) in [5.41, 5.74) is 2.23. The lowest BCUT2D eigenvalue weighted by atomic mass is 10.1. The van der Waals surface area contributed by atoms with Gasteiger partial charge in [0.25, 0.3) is 0 Å². The van der Waals surface area contributed by atoms with Crippen LogP contribution < -0.4 is 5.48 Å². The Labute approximate surface area is 199 Å². The molecule has 0 radical (unpaired) electrons. The first-order valence-corrected chi connectivity index (χ1v) is 12.3. The minimum Gasteiger partial charge on any atom is -0.377 e. The van der Waals surface area contributed by atoms with Crippen LogP contribution in [0.1, 0.15) is 40.0 Å². The van der Waals surface area contributed by atoms with Gasteiger partial charge in [0, 0.05) is 26.1 Å². The van der Waals surface area contributed by atoms with Gasteiger partial charge in [0.05, 0.1) is 85.4 Å². The van der Waals surface area contributed by atoms with Crippen molar-refractivity contribution in [3.8, 4) is 0 Å². The Morgan fingerprint density at radius 2 is 1.21 bits per heavy atom. The molecule has 1 unspecified atom stereocenters. The highest BCUT2D eigenvalue weighted by molar-refractivity contribution is 5.71. The first kappa shape index (κ1) is 30.2. The average Bonchev–Trinajstić information content (AvgIpc) is 2.82. The summed E-state index contributed by atoms with van der Waals surface area (Å²) in [5, 5.41) is 0. The Bertz CT molecular complexity index is 450. The van der Waals surface area contributed by atoms with Crippen molar-refractivity contribution in [3.05, 3.63) is 0 Å². The molecule has 0 aromatic heterocycles. The van der Waals surface area contributed by atoms with Gasteiger partial charge in [-0.3, -0.25) is 9.63 Å². The van der Waals surface area contributed by atoms with Crippen LogP contribution in [0.15, 0.2) is 0 Å². The highest BCUT2D eigenvalue weighted by atomic mass is 16.7. The molecule has 1 rings (SSSR count). The van der Waals surface area contributed by atoms with Crippen LogP contribution in [-0.2, 0) is 38.1 Å². The van der Waals surface area contributed by atoms with Crippen molar-refractivity contribution in [2.24, 2.45) is 0 Å². The van der Waals surface area contributed by atoms with Crippen LogP contribution >= 0.6 is 0 Å². The number of ether oxygens (including phenoxy) is 6. The van der Waals surface area contributed by atoms with Gasteiger partial charge in [-0.2, -0.15) is 0 Å². The van der Waals surface area contributed by atoms with Gasteiger partial charge < -0.3 is 33.3 Å². The second-order valence-corrected chi connectivity index (χ2v) is 7.93. The van der Waals surface area contributed by atoms with Gasteiger partial charge in [0.1, 0.15) is 0 Å². The second kappa shape index (κ2) is 21.7. The summed E-state index contributed by atoms with van der Waals surface area (Å²) in [6.07, 6.45) is 3.81. The molecule has 1 fully saturated rings. The molecule has 1 amide bonds. The van der Waals surface area contributed by atoms with Gasteiger partial charge in [-0.05, 0) is 26.2 Å². The van der Waals surface area contributed by atoms with Crippen molar-refractivity contribution >= 4 is 5.91 Å². The predicted octanol–water partition coefficient (Wildman–Crippen LogP) is 1.42. The molecule has 0 aliphatic carbocycles. The molecule has 1 aliphatic heterocycles. The quantitative estimate of drug-likeness (QED) is 0.183. The number of nitrogens with one attached hydrogen (secondary N) is 1. The van der Waals surface area contributed by atoms with E-state index in [1.165, 1.54) is 13.3 Å². The number of hydroxylamine groups is 1. The molecule has 1 aliphatic rings. The van der Waals surface area contributed by atoms with Gasteiger partial charge in [0.15, 0.2) is 0 Å². The molecule has 10 heteroatoms. The molecule has 0 aromatic carbocycles. The van der Waals surface area contributed by atoms with E-state index in [0.29, 0.717) is 91.4 Å². The summed E-state index contributed by atoms with van der Waals surface area (Å²) in [7, 11) is 0. The molecule has 1 atom stereocenters. The molecular weight excluding hydrogens is 432 g/mol. The van der Waals surface area contributed by atoms with Gasteiger partial charge in [-0.1, -0.05) is 6.92 Å². The summed E-state index contributed by atoms with van der Waals surface area (Å²) in [6.45, 7) is 14.3. The summed E-state index contributed by atoms with van der Waals surface area (Å²) in [5.74, 6) is -0.235. The van der Waals surface area contributed by atoms with Crippen LogP contribution in [0.4, 0.5) is 0 Å². The zero-order chi connectivity index (χ0) is 24.0. The lowest BCUT2D eigenvalue weighted by Crippen LogP contribution is -2.42. The monoisotopic (exact) mass is 478 g/mol. The Hall–Kier alpha value is -0.850. The third-order valence-electron chi connectivity index (χ3n) is 5.31. The fourth-order valence-corrected chi connectivity index (χ4v) is 3.25. The SMILES string of the molecule is CCC(C)N1CCC(OCCOCCOCCOCCOCCOCCONC(C)=O)CC1. The smallest absolute Gasteiger partial charge is 0.240 e. The number of piperidine rings is 1. The minimum atomic E-state index is -0.235. The van der Waals surface area contributed by atoms with Crippen LogP contribution in [0.3, 0.4) is 0 Å². The molecule has 1 saturated heterocycles. The van der Waals surface area contributed by atoms with E-state index in [1.807, 2.05) is 0 Å². The zero-order valence-corrected chi connectivity index (χ0v) is 20.9. The molecule has 0 aromatic rings. The summed E-state index contributed by atoms with van der Waals surface area (Å²) < 4.78 is 33.1. The number of nitrogens with zero attached hydrogens (tertiary/aromatic N) is 1. The minimum absolute atomic E-state index is 0.235. The van der Waals surface area contributed by atoms with E-state index in [2.05, 4.69) is 24.2 Å². The largest absolute Gasteiger partial charge is 0.377 e. The van der Waals surface area contributed by atoms with Gasteiger partial charge >= 0.3 is 0 Å². The number of likely N-dealkylation sites (tertiary alicyclic amines) is 1. The summed E-state index contributed by atoms with van der Waals surface area (Å²) in [4.78, 5) is 18.0. The molecule has 0 bridgehead atoms. The summed E-state index contributed by atoms with van der Waals surface area (Å²) in [6, 6.07) is 0.675. The average molecular weight is 479 g/mol. The Morgan fingerprint density at radius 3 is 1.64 bits per heavy atom. The fraction of sp³-hybridized carbons (Fsp3) is 0.957. The molecule has 1 N–H and O–H groups in total. The molecule has 0 spiro atoms. The van der Waals surface area contributed by atoms with Gasteiger partial charge in [-0.15, -0.1) is 0 Å². The van der Waals surface area contributed by atoms with Crippen molar-refractivity contribution in [1.82, 2.24) is 10.4 Å². The second-order valence-electron chi connectivity index (χ2n) is 7.93. The van der Waals surface area contributed by atoms with Crippen LogP contribution in [0.2, 0.25) is 0 Å². The van der Waals surface area contributed by atoms with Crippen molar-refractivity contribution in [2.45, 2.75) is 52.2 Å². The van der Waals surface area contributed by atoms with E-state index in [1.54, 1.807) is 0 Å². The topological polar surface area (TPSA) is 97.0 Å². The zero-order valence-electron chi connectivity index (χ0n) is 20.9. The lowest BCUT2D eigenvalue weighted by molar-refractivity contribution is -0.132. The Morgan fingerprint density at radius 1 is 0.788 bits per heavy atom. The third-order valence-corrected chi connectivity index (χ3v) is 5.31. The standard InChI is InChI=1S/C23H46N2O8/c1-4-21(2)25-7-5-23(6-8-25)32-19-17-30-15-13-28-11-9-27-10-12-29-14-16-31-18-20-33-24-22(3)26/h21,23H,4-20H2,1-3H3,(H,24,26). The Balaban J connectivity index is 1.71. The third kappa shape index (κ3) is 18.2. The van der Waals surface area contributed by atoms with Crippen LogP contribution in [0.25, 0.3) is 0 Å². The maximum atomic E-state index is 10.6. The number of hydrogen-bond donors (Lipinski definition) is 1. The van der Waals surface area contributed by atoms with Crippen molar-refractivity contribution in [3.63, 3.8) is 0 Å². The number of rotatable bonds is 22. The first-order chi connectivity index (χ1) is 16.1. The predicted molar refractivity (Wildman–Crippen MR) is 124 cm³/mol. The molecule has 1 heterocycles. The van der Waals surface area contributed by atoms with Crippen LogP contribution in [0.5, 0.6) is 0 Å². The lowest BCUT2D eigenvalue weighted by Gasteiger charge is -2.35. The number of amides is 1. The van der Waals surface area contributed by atoms with Crippen molar-refractivity contribution in [1.29, 1.82) is 0 Å². The number of carbonyl (C=O) groups is 1. The van der Waals surface area contributed by atoms with Gasteiger partial charge in [-0.25, -0.2) is 5.48 Å². The van der Waals surface area contributed by atoms with Crippen molar-refractivity contribution < 1.29 is 38.1 Å². The normalized spacial score (nSPS) is 16.2. The molecular formula is C23H46N2O8. The van der Waals surface area contributed by atoms with Crippen LogP contribution in [0, 0.1) is 0 Å². The maximum absolute atomic E-state index is 10.6. The molecule has 10 nitrogen and oxygen atoms in total. The van der Waals surface area contributed by atoms with E-state index >= 15 is 0 Å². The molecule has 196 valence electrons. The van der Waals surface area contributed by atoms with E-state index in [4.69, 9.17) is 33.3 Å². The molecule has 33 heavy (non-hydrogen) atoms. The van der Waals surface area contributed by atoms with E-state index < -0.39 is 0 Å². The molecule has 0 saturated carbocycles. The van der Waals surface area contributed by atoms with Crippen LogP contribution in [-0.4, -0.2) is 115 Å².